The molecule has 0 radical (unpaired) electrons. The number of ether oxygens (including phenoxy) is 3. The van der Waals surface area contributed by atoms with E-state index in [0.717, 1.165) is 12.8 Å². The number of methoxy groups -OCH3 is 1. The van der Waals surface area contributed by atoms with Crippen molar-refractivity contribution in [3.63, 3.8) is 0 Å². The number of nitrogens with zero attached hydrogens (tertiary/aromatic N) is 1. The van der Waals surface area contributed by atoms with Crippen molar-refractivity contribution in [1.29, 1.82) is 0 Å². The van der Waals surface area contributed by atoms with Crippen LogP contribution in [-0.4, -0.2) is 56.0 Å². The Balaban J connectivity index is 2.57. The molecule has 0 unspecified atom stereocenters. The predicted molar refractivity (Wildman–Crippen MR) is 78.0 cm³/mol. The molecule has 6 nitrogen and oxygen atoms in total. The Morgan fingerprint density at radius 1 is 1.14 bits per heavy atom. The maximum absolute atomic E-state index is 12.0. The molecule has 21 heavy (non-hydrogen) atoms. The summed E-state index contributed by atoms with van der Waals surface area (Å²) in [6.07, 6.45) is 1.17. The summed E-state index contributed by atoms with van der Waals surface area (Å²) in [7, 11) is 1.63. The third kappa shape index (κ3) is 5.91. The minimum atomic E-state index is -0.490. The number of piperidine rings is 1. The van der Waals surface area contributed by atoms with Crippen LogP contribution in [0.1, 0.15) is 40.5 Å². The molecule has 0 spiro atoms. The predicted octanol–water partition coefficient (Wildman–Crippen LogP) is 2.21. The first-order valence-electron chi connectivity index (χ1n) is 7.28. The van der Waals surface area contributed by atoms with Crippen LogP contribution in [-0.2, 0) is 19.0 Å². The largest absolute Gasteiger partial charge is 0.465 e. The molecule has 1 heterocycles. The van der Waals surface area contributed by atoms with Crippen LogP contribution in [0.25, 0.3) is 0 Å². The van der Waals surface area contributed by atoms with E-state index in [2.05, 4.69) is 0 Å². The van der Waals surface area contributed by atoms with E-state index >= 15 is 0 Å². The molecule has 0 aromatic carbocycles. The van der Waals surface area contributed by atoms with Gasteiger partial charge in [0.25, 0.3) is 0 Å². The van der Waals surface area contributed by atoms with Gasteiger partial charge >= 0.3 is 12.1 Å². The van der Waals surface area contributed by atoms with Gasteiger partial charge in [-0.15, -0.1) is 0 Å². The third-order valence-electron chi connectivity index (χ3n) is 3.51. The first-order valence-corrected chi connectivity index (χ1v) is 7.28. The topological polar surface area (TPSA) is 65.1 Å². The highest BCUT2D eigenvalue weighted by atomic mass is 16.6. The van der Waals surface area contributed by atoms with Gasteiger partial charge < -0.3 is 19.1 Å². The molecule has 1 saturated heterocycles. The van der Waals surface area contributed by atoms with E-state index in [9.17, 15) is 9.59 Å². The van der Waals surface area contributed by atoms with Gasteiger partial charge in [-0.1, -0.05) is 0 Å². The van der Waals surface area contributed by atoms with E-state index < -0.39 is 5.60 Å². The molecule has 1 aliphatic rings. The Morgan fingerprint density at radius 3 is 2.14 bits per heavy atom. The average Bonchev–Trinajstić information content (AvgIpc) is 2.35. The Labute approximate surface area is 126 Å². The van der Waals surface area contributed by atoms with E-state index in [1.165, 1.54) is 6.92 Å². The molecule has 6 heteroatoms. The van der Waals surface area contributed by atoms with Crippen LogP contribution in [0.5, 0.6) is 0 Å². The summed E-state index contributed by atoms with van der Waals surface area (Å²) in [6, 6.07) is 0. The summed E-state index contributed by atoms with van der Waals surface area (Å²) >= 11 is 0. The van der Waals surface area contributed by atoms with Gasteiger partial charge in [-0.25, -0.2) is 4.79 Å². The zero-order valence-corrected chi connectivity index (χ0v) is 13.7. The molecule has 0 N–H and O–H groups in total. The van der Waals surface area contributed by atoms with E-state index in [1.54, 1.807) is 12.0 Å². The van der Waals surface area contributed by atoms with Crippen LogP contribution in [0.4, 0.5) is 4.79 Å². The number of likely N-dealkylation sites (tertiary alicyclic amines) is 1. The number of amides is 1. The molecule has 0 aromatic heterocycles. The summed E-state index contributed by atoms with van der Waals surface area (Å²) in [4.78, 5) is 24.8. The molecule has 1 rings (SSSR count). The first-order chi connectivity index (χ1) is 9.67. The standard InChI is InChI=1S/C15H27NO5/c1-12(17)20-11-15(10-19-5)6-8-16(9-7-15)13(18)21-14(2,3)4/h6-11H2,1-5H3. The molecule has 0 atom stereocenters. The Hall–Kier alpha value is -1.30. The summed E-state index contributed by atoms with van der Waals surface area (Å²) in [5, 5.41) is 0. The molecule has 1 fully saturated rings. The zero-order chi connectivity index (χ0) is 16.1. The van der Waals surface area contributed by atoms with E-state index in [1.807, 2.05) is 20.8 Å². The lowest BCUT2D eigenvalue weighted by molar-refractivity contribution is -0.147. The number of hydrogen-bond donors (Lipinski definition) is 0. The molecule has 0 saturated carbocycles. The highest BCUT2D eigenvalue weighted by Gasteiger charge is 2.38. The van der Waals surface area contributed by atoms with Gasteiger partial charge in [-0.05, 0) is 33.6 Å². The van der Waals surface area contributed by atoms with Crippen molar-refractivity contribution in [3.8, 4) is 0 Å². The lowest BCUT2D eigenvalue weighted by Crippen LogP contribution is -2.48. The molecular weight excluding hydrogens is 274 g/mol. The number of rotatable bonds is 4. The third-order valence-corrected chi connectivity index (χ3v) is 3.51. The van der Waals surface area contributed by atoms with Gasteiger partial charge in [0.15, 0.2) is 0 Å². The minimum absolute atomic E-state index is 0.209. The SMILES string of the molecule is COCC1(COC(C)=O)CCN(C(=O)OC(C)(C)C)CC1. The van der Waals surface area contributed by atoms with Crippen molar-refractivity contribution >= 4 is 12.1 Å². The molecule has 0 aliphatic carbocycles. The van der Waals surface area contributed by atoms with Crippen molar-refractivity contribution in [2.45, 2.75) is 46.1 Å². The lowest BCUT2D eigenvalue weighted by Gasteiger charge is -2.41. The van der Waals surface area contributed by atoms with E-state index in [0.29, 0.717) is 26.3 Å². The van der Waals surface area contributed by atoms with Crippen LogP contribution < -0.4 is 0 Å². The van der Waals surface area contributed by atoms with Gasteiger partial charge in [-0.2, -0.15) is 0 Å². The Bertz CT molecular complexity index is 367. The van der Waals surface area contributed by atoms with Crippen molar-refractivity contribution in [2.75, 3.05) is 33.4 Å². The molecule has 122 valence electrons. The monoisotopic (exact) mass is 301 g/mol. The van der Waals surface area contributed by atoms with Gasteiger partial charge in [0, 0.05) is 32.5 Å². The quantitative estimate of drug-likeness (QED) is 0.745. The minimum Gasteiger partial charge on any atom is -0.465 e. The highest BCUT2D eigenvalue weighted by molar-refractivity contribution is 5.68. The van der Waals surface area contributed by atoms with E-state index in [4.69, 9.17) is 14.2 Å². The first kappa shape index (κ1) is 17.8. The molecule has 1 amide bonds. The molecular formula is C15H27NO5. The average molecular weight is 301 g/mol. The fourth-order valence-corrected chi connectivity index (χ4v) is 2.38. The van der Waals surface area contributed by atoms with Crippen molar-refractivity contribution in [1.82, 2.24) is 4.90 Å². The summed E-state index contributed by atoms with van der Waals surface area (Å²) in [5.41, 5.74) is -0.700. The number of carbonyl (C=O) groups is 2. The number of esters is 1. The van der Waals surface area contributed by atoms with Crippen molar-refractivity contribution < 1.29 is 23.8 Å². The van der Waals surface area contributed by atoms with Crippen molar-refractivity contribution in [2.24, 2.45) is 5.41 Å². The van der Waals surface area contributed by atoms with E-state index in [-0.39, 0.29) is 17.5 Å². The Morgan fingerprint density at radius 2 is 1.71 bits per heavy atom. The maximum atomic E-state index is 12.0. The summed E-state index contributed by atoms with van der Waals surface area (Å²) in [5.74, 6) is -0.292. The molecule has 1 aliphatic heterocycles. The lowest BCUT2D eigenvalue weighted by atomic mass is 9.80. The van der Waals surface area contributed by atoms with Gasteiger partial charge in [-0.3, -0.25) is 4.79 Å². The summed E-state index contributed by atoms with van der Waals surface area (Å²) in [6.45, 7) is 8.97. The van der Waals surface area contributed by atoms with Crippen LogP contribution in [0.2, 0.25) is 0 Å². The second-order valence-electron chi connectivity index (χ2n) is 6.68. The van der Waals surface area contributed by atoms with Crippen LogP contribution in [0.3, 0.4) is 0 Å². The van der Waals surface area contributed by atoms with Gasteiger partial charge in [0.1, 0.15) is 5.60 Å². The van der Waals surface area contributed by atoms with Crippen LogP contribution in [0.15, 0.2) is 0 Å². The number of carbonyl (C=O) groups excluding carboxylic acids is 2. The normalized spacial score (nSPS) is 18.2. The molecule has 0 aromatic rings. The van der Waals surface area contributed by atoms with Crippen LogP contribution in [0, 0.1) is 5.41 Å². The van der Waals surface area contributed by atoms with Gasteiger partial charge in [0.2, 0.25) is 0 Å². The second kappa shape index (κ2) is 7.11. The molecule has 0 bridgehead atoms. The van der Waals surface area contributed by atoms with Crippen molar-refractivity contribution in [3.05, 3.63) is 0 Å². The van der Waals surface area contributed by atoms with Gasteiger partial charge in [0.05, 0.1) is 13.2 Å². The second-order valence-corrected chi connectivity index (χ2v) is 6.68. The fraction of sp³-hybridized carbons (Fsp3) is 0.867. The number of hydrogen-bond acceptors (Lipinski definition) is 5. The smallest absolute Gasteiger partial charge is 0.410 e. The fourth-order valence-electron chi connectivity index (χ4n) is 2.38. The van der Waals surface area contributed by atoms with Crippen LogP contribution >= 0.6 is 0 Å². The zero-order valence-electron chi connectivity index (χ0n) is 13.7. The maximum Gasteiger partial charge on any atom is 0.410 e. The Kier molecular flexibility index (Phi) is 6.01. The summed E-state index contributed by atoms with van der Waals surface area (Å²) < 4.78 is 15.8. The highest BCUT2D eigenvalue weighted by Crippen LogP contribution is 2.33.